The van der Waals surface area contributed by atoms with Gasteiger partial charge >= 0.3 is 24.3 Å². The number of fused-ring (bicyclic) bond motifs is 4. The van der Waals surface area contributed by atoms with Gasteiger partial charge in [0.1, 0.15) is 34.7 Å². The number of nitrogens with zero attached hydrogens (tertiary/aromatic N) is 10. The third-order valence-electron chi connectivity index (χ3n) is 17.8. The summed E-state index contributed by atoms with van der Waals surface area (Å²) < 4.78 is 187. The van der Waals surface area contributed by atoms with Crippen molar-refractivity contribution in [2.75, 3.05) is 0 Å². The van der Waals surface area contributed by atoms with Gasteiger partial charge in [0.15, 0.2) is 0 Å². The van der Waals surface area contributed by atoms with Crippen molar-refractivity contribution >= 4 is 56.1 Å². The third kappa shape index (κ3) is 33.5. The molecule has 0 aliphatic heterocycles. The number of hydrogen-bond acceptors (Lipinski definition) is 16. The van der Waals surface area contributed by atoms with Gasteiger partial charge in [0, 0.05) is 157 Å². The summed E-state index contributed by atoms with van der Waals surface area (Å²) in [7, 11) is 0. The van der Waals surface area contributed by atoms with E-state index in [9.17, 15) is 71.1 Å². The summed E-state index contributed by atoms with van der Waals surface area (Å²) in [6, 6.07) is 72.8. The van der Waals surface area contributed by atoms with Crippen molar-refractivity contribution in [3.05, 3.63) is 372 Å². The number of carboxylic acid groups (broad SMARTS) is 2. The van der Waals surface area contributed by atoms with Crippen LogP contribution in [0.5, 0.6) is 0 Å². The maximum atomic E-state index is 13.7. The number of benzene rings is 11. The first-order chi connectivity index (χ1) is 62.3. The minimum Gasteiger partial charge on any atom is -0.477 e. The number of halogens is 14. The second-order valence-electron chi connectivity index (χ2n) is 28.6. The first kappa shape index (κ1) is 111. The Morgan fingerprint density at radius 1 is 0.319 bits per heavy atom. The molecule has 17 rings (SSSR count). The SMILES string of the molecule is CC(O)CC(C)O.CC(O)CC(C)O.Cc1nc2ccccc2nc1-c1[c-]cccc1.FC(F)(F)c1c[c-]c(-c2nc3ccccc3nc2-c2ccc(C(F)(F)F)cc2)cc1.Fc1[c-]c(-c2nc3ccccc3nc2-c2cc(F)cc(F)c2)cc(F)c1.Fc1[c-]c(-c2nc3ccccc3nc2-c2cc(F)cc(F)c2)cc(F)c1.O=C(O)c1ccccn1.O=C(O)c1ccccn1.[Ir].[Ir].[Ir].[Ir]. The Morgan fingerprint density at radius 2 is 0.615 bits per heavy atom. The molecule has 0 aliphatic rings. The molecule has 0 bridgehead atoms. The van der Waals surface area contributed by atoms with E-state index >= 15 is 0 Å². The fraction of sp³-hybridized carbons (Fsp3) is 0.131. The van der Waals surface area contributed by atoms with Gasteiger partial charge in [0.25, 0.3) is 0 Å². The Hall–Kier alpha value is -12.5. The number of pyridine rings is 2. The fourth-order valence-electron chi connectivity index (χ4n) is 12.2. The molecule has 135 heavy (non-hydrogen) atoms. The van der Waals surface area contributed by atoms with Crippen LogP contribution in [0.25, 0.3) is 123 Å². The van der Waals surface area contributed by atoms with E-state index in [1.807, 2.05) is 55.5 Å². The standard InChI is InChI=1S/C22H11F6N2.2C20H9F4N2.C15H11N2.2C6H5NO2.2C5H12O2.4Ir/c23-21(24,25)15-9-5-13(6-10-15)19-20(30-18-4-2-1-3-17(18)29-19)14-7-11-16(12-8-14)22(26,27)28;2*21-13-5-11(6-14(22)9-13)19-20(12-7-15(23)10-16(24)8-12)26-18-4-2-1-3-17(18)25-19;1-11-15(12-7-3-2-4-8-12)17-14-10-6-5-9-13(14)16-11;2*8-6(9)5-3-1-2-4-7-5;2*1-4(6)3-5(2)7;;;;/h1-7,9-12H;2*1-7,9-10H;2-7,9-10H,1H3;2*1-4H,(H,8,9);2*4-7H,3H2,1-2H3;;;;/q4*-1;;;;;;;;. The number of carbonyl (C=O) groups is 2. The van der Waals surface area contributed by atoms with Gasteiger partial charge in [0.2, 0.25) is 0 Å². The first-order valence-electron chi connectivity index (χ1n) is 39.3. The molecule has 17 aromatic rings. The average Bonchev–Trinajstić information content (AvgIpc) is 0.787. The van der Waals surface area contributed by atoms with Crippen molar-refractivity contribution < 1.29 is 182 Å². The monoisotopic (exact) mass is 2570 g/mol. The number of rotatable bonds is 13. The number of aromatic carboxylic acids is 2. The van der Waals surface area contributed by atoms with Crippen molar-refractivity contribution in [2.24, 2.45) is 0 Å². The van der Waals surface area contributed by atoms with Gasteiger partial charge in [-0.25, -0.2) is 54.7 Å². The number of aliphatic hydroxyl groups excluding tert-OH is 4. The second-order valence-corrected chi connectivity index (χ2v) is 28.6. The fourth-order valence-corrected chi connectivity index (χ4v) is 12.2. The molecule has 6 N–H and O–H groups in total. The average molecular weight is 2570 g/mol. The van der Waals surface area contributed by atoms with E-state index in [1.54, 1.807) is 125 Å². The van der Waals surface area contributed by atoms with Crippen LogP contribution in [0, 0.1) is 77.7 Å². The van der Waals surface area contributed by atoms with Gasteiger partial charge in [-0.05, 0) is 179 Å². The largest absolute Gasteiger partial charge is 0.477 e. The van der Waals surface area contributed by atoms with Crippen molar-refractivity contribution in [1.82, 2.24) is 49.8 Å². The first-order valence-corrected chi connectivity index (χ1v) is 39.3. The van der Waals surface area contributed by atoms with Gasteiger partial charge in [0.05, 0.1) is 91.2 Å². The Bertz CT molecular complexity index is 6150. The minimum atomic E-state index is -4.51. The van der Waals surface area contributed by atoms with Crippen LogP contribution >= 0.6 is 0 Å². The summed E-state index contributed by atoms with van der Waals surface area (Å²) in [5.41, 5.74) is 7.71. The molecule has 706 valence electrons. The normalized spacial score (nSPS) is 11.5. The van der Waals surface area contributed by atoms with E-state index in [0.29, 0.717) is 63.6 Å². The quantitative estimate of drug-likeness (QED) is 0.0462. The number of para-hydroxylation sites is 8. The van der Waals surface area contributed by atoms with E-state index in [1.165, 1.54) is 42.7 Å². The zero-order valence-electron chi connectivity index (χ0n) is 70.8. The number of carboxylic acids is 2. The zero-order valence-corrected chi connectivity index (χ0v) is 80.4. The van der Waals surface area contributed by atoms with Crippen LogP contribution in [0.3, 0.4) is 0 Å². The van der Waals surface area contributed by atoms with E-state index in [4.69, 9.17) is 30.6 Å². The maximum Gasteiger partial charge on any atom is 0.416 e. The van der Waals surface area contributed by atoms with Gasteiger partial charge in [-0.1, -0.05) is 84.9 Å². The molecule has 6 heterocycles. The summed E-state index contributed by atoms with van der Waals surface area (Å²) >= 11 is 0. The van der Waals surface area contributed by atoms with Crippen molar-refractivity contribution in [3.8, 4) is 78.8 Å². The molecule has 4 radical (unpaired) electrons. The molecule has 6 aromatic heterocycles. The molecule has 0 fully saturated rings. The van der Waals surface area contributed by atoms with Crippen molar-refractivity contribution in [3.63, 3.8) is 0 Å². The molecule has 0 spiro atoms. The molecule has 18 nitrogen and oxygen atoms in total. The minimum absolute atomic E-state index is 0. The van der Waals surface area contributed by atoms with Crippen LogP contribution in [0.1, 0.15) is 78.3 Å². The summed E-state index contributed by atoms with van der Waals surface area (Å²) in [4.78, 5) is 63.2. The van der Waals surface area contributed by atoms with Crippen LogP contribution in [0.2, 0.25) is 0 Å². The predicted octanol–water partition coefficient (Wildman–Crippen LogP) is 22.7. The summed E-state index contributed by atoms with van der Waals surface area (Å²) in [5.74, 6) is -8.62. The van der Waals surface area contributed by atoms with Crippen molar-refractivity contribution in [2.45, 2.75) is 84.2 Å². The second kappa shape index (κ2) is 52.4. The number of aliphatic hydroxyl groups is 4. The molecule has 4 atom stereocenters. The van der Waals surface area contributed by atoms with Crippen LogP contribution in [0.4, 0.5) is 61.5 Å². The molecule has 36 heteroatoms. The smallest absolute Gasteiger partial charge is 0.416 e. The molecular formula is C99H74F14Ir4N10O8-4. The molecule has 11 aromatic carbocycles. The Labute approximate surface area is 817 Å². The third-order valence-corrected chi connectivity index (χ3v) is 17.8. The molecule has 4 unspecified atom stereocenters. The van der Waals surface area contributed by atoms with Gasteiger partial charge in [-0.3, -0.25) is 39.9 Å². The Kier molecular flexibility index (Phi) is 43.2. The van der Waals surface area contributed by atoms with Gasteiger partial charge < -0.3 is 30.6 Å². The van der Waals surface area contributed by atoms with Crippen molar-refractivity contribution in [1.29, 1.82) is 0 Å². The van der Waals surface area contributed by atoms with Gasteiger partial charge in [-0.2, -0.15) is 26.3 Å². The topological polar surface area (TPSA) is 284 Å². The number of aryl methyl sites for hydroxylation is 1. The maximum absolute atomic E-state index is 13.7. The van der Waals surface area contributed by atoms with Crippen LogP contribution < -0.4 is 0 Å². The predicted molar refractivity (Wildman–Crippen MR) is 464 cm³/mol. The summed E-state index contributed by atoms with van der Waals surface area (Å²) in [5, 5.41) is 50.9. The molecule has 0 amide bonds. The molecule has 0 aliphatic carbocycles. The van der Waals surface area contributed by atoms with Crippen LogP contribution in [-0.2, 0) is 92.8 Å². The number of alkyl halides is 6. The number of aromatic nitrogens is 10. The number of hydrogen-bond donors (Lipinski definition) is 6. The molecular weight excluding hydrogens is 2490 g/mol. The van der Waals surface area contributed by atoms with Gasteiger partial charge in [-0.15, -0.1) is 101 Å². The Balaban J connectivity index is 0.000000249. The zero-order chi connectivity index (χ0) is 94.8. The van der Waals surface area contributed by atoms with E-state index in [2.05, 4.69) is 74.1 Å². The van der Waals surface area contributed by atoms with Crippen LogP contribution in [0.15, 0.2) is 273 Å². The van der Waals surface area contributed by atoms with E-state index in [-0.39, 0.29) is 178 Å². The Morgan fingerprint density at radius 3 is 0.896 bits per heavy atom. The summed E-state index contributed by atoms with van der Waals surface area (Å²) in [6.07, 6.45) is -6.66. The van der Waals surface area contributed by atoms with E-state index in [0.717, 1.165) is 101 Å². The molecule has 0 saturated carbocycles. The van der Waals surface area contributed by atoms with E-state index < -0.39 is 82.0 Å². The molecule has 0 saturated heterocycles. The van der Waals surface area contributed by atoms with Crippen LogP contribution in [-0.4, -0.2) is 117 Å². The summed E-state index contributed by atoms with van der Waals surface area (Å²) in [6.45, 7) is 8.62.